The van der Waals surface area contributed by atoms with Crippen LogP contribution in [0.4, 0.5) is 0 Å². The van der Waals surface area contributed by atoms with Crippen molar-refractivity contribution >= 4 is 11.2 Å². The first-order valence-corrected chi connectivity index (χ1v) is 5.16. The number of aromatic nitrogens is 3. The van der Waals surface area contributed by atoms with Crippen LogP contribution in [0.2, 0.25) is 0 Å². The van der Waals surface area contributed by atoms with Crippen LogP contribution in [0.5, 0.6) is 0 Å². The highest BCUT2D eigenvalue weighted by Crippen LogP contribution is 2.34. The Morgan fingerprint density at radius 2 is 2.29 bits per heavy atom. The normalized spacial score (nSPS) is 17.2. The molecule has 1 aliphatic carbocycles. The number of fused-ring (bicyclic) bond motifs is 1. The van der Waals surface area contributed by atoms with Gasteiger partial charge in [0.15, 0.2) is 5.65 Å². The van der Waals surface area contributed by atoms with Gasteiger partial charge in [0.1, 0.15) is 11.3 Å². The second kappa shape index (κ2) is 2.80. The van der Waals surface area contributed by atoms with Gasteiger partial charge in [-0.3, -0.25) is 0 Å². The van der Waals surface area contributed by atoms with Gasteiger partial charge in [-0.15, -0.1) is 0 Å². The van der Waals surface area contributed by atoms with Gasteiger partial charge in [0.25, 0.3) is 0 Å². The van der Waals surface area contributed by atoms with Crippen LogP contribution < -0.4 is 0 Å². The first-order chi connectivity index (χ1) is 6.86. The summed E-state index contributed by atoms with van der Waals surface area (Å²) in [7, 11) is 0. The molecule has 14 heavy (non-hydrogen) atoms. The number of hydrogen-bond acceptors (Lipinski definition) is 2. The van der Waals surface area contributed by atoms with Crippen LogP contribution >= 0.6 is 0 Å². The molecule has 72 valence electrons. The number of nitrogens with zero attached hydrogens (tertiary/aromatic N) is 3. The molecule has 0 aliphatic heterocycles. The molecule has 3 nitrogen and oxygen atoms in total. The van der Waals surface area contributed by atoms with Crippen molar-refractivity contribution in [3.8, 4) is 0 Å². The van der Waals surface area contributed by atoms with Crippen molar-refractivity contribution in [3.05, 3.63) is 24.2 Å². The van der Waals surface area contributed by atoms with Crippen molar-refractivity contribution in [3.63, 3.8) is 0 Å². The highest BCUT2D eigenvalue weighted by molar-refractivity contribution is 5.71. The maximum atomic E-state index is 4.52. The van der Waals surface area contributed by atoms with Gasteiger partial charge in [0.05, 0.1) is 0 Å². The standard InChI is InChI=1S/C11H13N3/c1-8-13-10-6-3-7-12-11(10)14(8)9-4-2-5-9/h3,6-7,9H,2,4-5H2,1H3. The highest BCUT2D eigenvalue weighted by atomic mass is 15.2. The molecule has 1 aliphatic rings. The molecule has 1 saturated carbocycles. The smallest absolute Gasteiger partial charge is 0.160 e. The number of imidazole rings is 1. The van der Waals surface area contributed by atoms with Crippen molar-refractivity contribution in [1.82, 2.24) is 14.5 Å². The van der Waals surface area contributed by atoms with E-state index in [4.69, 9.17) is 0 Å². The lowest BCUT2D eigenvalue weighted by atomic mass is 9.93. The summed E-state index contributed by atoms with van der Waals surface area (Å²) in [5.74, 6) is 1.10. The van der Waals surface area contributed by atoms with E-state index in [9.17, 15) is 0 Å². The molecule has 2 aromatic heterocycles. The lowest BCUT2D eigenvalue weighted by Gasteiger charge is -2.28. The summed E-state index contributed by atoms with van der Waals surface area (Å²) >= 11 is 0. The second-order valence-corrected chi connectivity index (χ2v) is 3.96. The van der Waals surface area contributed by atoms with Crippen LogP contribution in [0, 0.1) is 6.92 Å². The van der Waals surface area contributed by atoms with E-state index in [2.05, 4.69) is 21.5 Å². The summed E-state index contributed by atoms with van der Waals surface area (Å²) in [6.45, 7) is 2.07. The van der Waals surface area contributed by atoms with E-state index in [0.717, 1.165) is 17.0 Å². The van der Waals surface area contributed by atoms with E-state index in [1.807, 2.05) is 18.3 Å². The summed E-state index contributed by atoms with van der Waals surface area (Å²) in [6, 6.07) is 4.62. The number of rotatable bonds is 1. The van der Waals surface area contributed by atoms with E-state index >= 15 is 0 Å². The maximum Gasteiger partial charge on any atom is 0.160 e. The zero-order chi connectivity index (χ0) is 9.54. The fourth-order valence-electron chi connectivity index (χ4n) is 2.12. The first-order valence-electron chi connectivity index (χ1n) is 5.16. The molecule has 0 spiro atoms. The minimum absolute atomic E-state index is 0.648. The molecule has 0 saturated heterocycles. The summed E-state index contributed by atoms with van der Waals surface area (Å²) in [5, 5.41) is 0. The van der Waals surface area contributed by atoms with Crippen LogP contribution in [0.25, 0.3) is 11.2 Å². The highest BCUT2D eigenvalue weighted by Gasteiger charge is 2.23. The fraction of sp³-hybridized carbons (Fsp3) is 0.455. The van der Waals surface area contributed by atoms with Gasteiger partial charge in [0.2, 0.25) is 0 Å². The SMILES string of the molecule is Cc1nc2cccnc2n1C1CCC1. The minimum atomic E-state index is 0.648. The average molecular weight is 187 g/mol. The third-order valence-electron chi connectivity index (χ3n) is 3.07. The number of pyridine rings is 1. The monoisotopic (exact) mass is 187 g/mol. The van der Waals surface area contributed by atoms with Gasteiger partial charge in [-0.2, -0.15) is 0 Å². The van der Waals surface area contributed by atoms with Crippen molar-refractivity contribution in [2.24, 2.45) is 0 Å². The van der Waals surface area contributed by atoms with E-state index in [1.165, 1.54) is 19.3 Å². The van der Waals surface area contributed by atoms with Gasteiger partial charge < -0.3 is 4.57 Å². The minimum Gasteiger partial charge on any atom is -0.310 e. The third-order valence-corrected chi connectivity index (χ3v) is 3.07. The molecule has 1 fully saturated rings. The molecule has 0 atom stereocenters. The third kappa shape index (κ3) is 0.983. The molecule has 0 amide bonds. The molecular formula is C11H13N3. The predicted molar refractivity (Wildman–Crippen MR) is 55.2 cm³/mol. The lowest BCUT2D eigenvalue weighted by molar-refractivity contribution is 0.314. The number of hydrogen-bond donors (Lipinski definition) is 0. The summed E-state index contributed by atoms with van der Waals surface area (Å²) < 4.78 is 2.29. The molecule has 0 bridgehead atoms. The Morgan fingerprint density at radius 3 is 3.00 bits per heavy atom. The van der Waals surface area contributed by atoms with Gasteiger partial charge in [0, 0.05) is 12.2 Å². The molecule has 2 heterocycles. The topological polar surface area (TPSA) is 30.7 Å². The Bertz CT molecular complexity index is 468. The summed E-state index contributed by atoms with van der Waals surface area (Å²) in [6.07, 6.45) is 5.75. The number of aryl methyl sites for hydroxylation is 1. The van der Waals surface area contributed by atoms with Gasteiger partial charge >= 0.3 is 0 Å². The molecule has 0 aromatic carbocycles. The van der Waals surface area contributed by atoms with Crippen molar-refractivity contribution in [2.45, 2.75) is 32.2 Å². The van der Waals surface area contributed by atoms with Gasteiger partial charge in [-0.1, -0.05) is 0 Å². The zero-order valence-electron chi connectivity index (χ0n) is 8.27. The zero-order valence-corrected chi connectivity index (χ0v) is 8.27. The first kappa shape index (κ1) is 7.97. The van der Waals surface area contributed by atoms with Gasteiger partial charge in [-0.05, 0) is 38.3 Å². The quantitative estimate of drug-likeness (QED) is 0.686. The average Bonchev–Trinajstić information content (AvgIpc) is 2.41. The summed E-state index contributed by atoms with van der Waals surface area (Å²) in [5.41, 5.74) is 2.08. The molecular weight excluding hydrogens is 174 g/mol. The van der Waals surface area contributed by atoms with Crippen LogP contribution in [0.3, 0.4) is 0 Å². The van der Waals surface area contributed by atoms with Crippen LogP contribution in [0.1, 0.15) is 31.1 Å². The van der Waals surface area contributed by atoms with E-state index in [1.54, 1.807) is 0 Å². The van der Waals surface area contributed by atoms with Crippen molar-refractivity contribution in [1.29, 1.82) is 0 Å². The molecule has 3 rings (SSSR count). The van der Waals surface area contributed by atoms with E-state index in [-0.39, 0.29) is 0 Å². The Kier molecular flexibility index (Phi) is 1.60. The second-order valence-electron chi connectivity index (χ2n) is 3.96. The van der Waals surface area contributed by atoms with Crippen molar-refractivity contribution < 1.29 is 0 Å². The Hall–Kier alpha value is -1.38. The van der Waals surface area contributed by atoms with E-state index in [0.29, 0.717) is 6.04 Å². The predicted octanol–water partition coefficient (Wildman–Crippen LogP) is 2.46. The van der Waals surface area contributed by atoms with Crippen LogP contribution in [-0.2, 0) is 0 Å². The summed E-state index contributed by atoms with van der Waals surface area (Å²) in [4.78, 5) is 8.92. The fourth-order valence-corrected chi connectivity index (χ4v) is 2.12. The molecule has 0 N–H and O–H groups in total. The Morgan fingerprint density at radius 1 is 1.43 bits per heavy atom. The molecule has 0 radical (unpaired) electrons. The van der Waals surface area contributed by atoms with Crippen LogP contribution in [-0.4, -0.2) is 14.5 Å². The van der Waals surface area contributed by atoms with Crippen LogP contribution in [0.15, 0.2) is 18.3 Å². The van der Waals surface area contributed by atoms with Gasteiger partial charge in [-0.25, -0.2) is 9.97 Å². The molecule has 2 aromatic rings. The largest absolute Gasteiger partial charge is 0.310 e. The van der Waals surface area contributed by atoms with E-state index < -0.39 is 0 Å². The molecule has 3 heteroatoms. The Balaban J connectivity index is 2.24. The maximum absolute atomic E-state index is 4.52. The lowest BCUT2D eigenvalue weighted by Crippen LogP contribution is -2.18. The van der Waals surface area contributed by atoms with Crippen molar-refractivity contribution in [2.75, 3.05) is 0 Å². The molecule has 0 unspecified atom stereocenters. The Labute approximate surface area is 82.8 Å².